The fraction of sp³-hybridized carbons (Fsp3) is 0.364. The summed E-state index contributed by atoms with van der Waals surface area (Å²) >= 11 is 0. The second-order valence-corrected chi connectivity index (χ2v) is 6.63. The van der Waals surface area contributed by atoms with Crippen LogP contribution in [-0.2, 0) is 22.5 Å². The van der Waals surface area contributed by atoms with E-state index in [0.29, 0.717) is 18.7 Å². The number of ether oxygens (including phenoxy) is 1. The summed E-state index contributed by atoms with van der Waals surface area (Å²) in [4.78, 5) is 28.6. The first kappa shape index (κ1) is 19.0. The summed E-state index contributed by atoms with van der Waals surface area (Å²) in [5.74, 6) is -0.621. The lowest BCUT2D eigenvalue weighted by atomic mass is 10.00. The van der Waals surface area contributed by atoms with E-state index in [9.17, 15) is 9.59 Å². The molecule has 27 heavy (non-hydrogen) atoms. The molecule has 142 valence electrons. The van der Waals surface area contributed by atoms with Crippen molar-refractivity contribution in [3.8, 4) is 0 Å². The van der Waals surface area contributed by atoms with Crippen molar-refractivity contribution < 1.29 is 14.3 Å². The molecule has 0 atom stereocenters. The Hall–Kier alpha value is -2.82. The van der Waals surface area contributed by atoms with Crippen molar-refractivity contribution in [1.82, 2.24) is 4.90 Å². The Kier molecular flexibility index (Phi) is 6.12. The quantitative estimate of drug-likeness (QED) is 0.736. The third-order valence-corrected chi connectivity index (χ3v) is 5.04. The highest BCUT2D eigenvalue weighted by Gasteiger charge is 2.21. The molecule has 0 aliphatic carbocycles. The number of fused-ring (bicyclic) bond motifs is 1. The molecule has 1 amide bonds. The maximum atomic E-state index is 12.4. The van der Waals surface area contributed by atoms with Crippen molar-refractivity contribution in [1.29, 1.82) is 0 Å². The highest BCUT2D eigenvalue weighted by atomic mass is 16.5. The Bertz CT molecular complexity index is 797. The van der Waals surface area contributed by atoms with Gasteiger partial charge in [-0.25, -0.2) is 4.79 Å². The molecular formula is C22H26N2O3. The largest absolute Gasteiger partial charge is 0.452 e. The second kappa shape index (κ2) is 8.71. The van der Waals surface area contributed by atoms with Crippen LogP contribution in [0.4, 0.5) is 5.69 Å². The van der Waals surface area contributed by atoms with Gasteiger partial charge >= 0.3 is 5.97 Å². The molecule has 1 aliphatic heterocycles. The van der Waals surface area contributed by atoms with E-state index in [0.717, 1.165) is 30.8 Å². The van der Waals surface area contributed by atoms with Gasteiger partial charge in [0, 0.05) is 31.9 Å². The normalized spacial score (nSPS) is 13.0. The monoisotopic (exact) mass is 366 g/mol. The van der Waals surface area contributed by atoms with E-state index >= 15 is 0 Å². The summed E-state index contributed by atoms with van der Waals surface area (Å²) in [6, 6.07) is 15.4. The van der Waals surface area contributed by atoms with Crippen LogP contribution >= 0.6 is 0 Å². The number of carbonyl (C=O) groups excluding carboxylic acids is 2. The predicted molar refractivity (Wildman–Crippen MR) is 106 cm³/mol. The third-order valence-electron chi connectivity index (χ3n) is 5.04. The Balaban J connectivity index is 1.54. The van der Waals surface area contributed by atoms with Crippen LogP contribution in [0.5, 0.6) is 0 Å². The molecule has 1 heterocycles. The standard InChI is InChI=1S/C22H26N2O3/c1-3-23(4-2)20-11-9-18(10-12-20)22(26)27-16-21(25)24-14-13-17-7-5-6-8-19(17)15-24/h5-12H,3-4,13-16H2,1-2H3. The van der Waals surface area contributed by atoms with E-state index in [2.05, 4.69) is 24.8 Å². The number of nitrogens with zero attached hydrogens (tertiary/aromatic N) is 2. The van der Waals surface area contributed by atoms with Crippen LogP contribution < -0.4 is 4.90 Å². The van der Waals surface area contributed by atoms with Crippen LogP contribution in [0.3, 0.4) is 0 Å². The van der Waals surface area contributed by atoms with Gasteiger partial charge in [-0.1, -0.05) is 24.3 Å². The van der Waals surface area contributed by atoms with Crippen LogP contribution in [0.25, 0.3) is 0 Å². The maximum absolute atomic E-state index is 12.4. The zero-order valence-corrected chi connectivity index (χ0v) is 16.0. The van der Waals surface area contributed by atoms with Gasteiger partial charge in [-0.05, 0) is 55.7 Å². The summed E-state index contributed by atoms with van der Waals surface area (Å²) < 4.78 is 5.24. The lowest BCUT2D eigenvalue weighted by molar-refractivity contribution is -0.135. The number of esters is 1. The molecule has 3 rings (SSSR count). The molecule has 0 aromatic heterocycles. The van der Waals surface area contributed by atoms with Crippen molar-refractivity contribution in [2.24, 2.45) is 0 Å². The van der Waals surface area contributed by atoms with Crippen molar-refractivity contribution in [2.75, 3.05) is 31.1 Å². The summed E-state index contributed by atoms with van der Waals surface area (Å²) in [7, 11) is 0. The van der Waals surface area contributed by atoms with E-state index in [-0.39, 0.29) is 12.5 Å². The average Bonchev–Trinajstić information content (AvgIpc) is 2.72. The van der Waals surface area contributed by atoms with Gasteiger partial charge in [0.1, 0.15) is 0 Å². The van der Waals surface area contributed by atoms with Crippen molar-refractivity contribution in [2.45, 2.75) is 26.8 Å². The lowest BCUT2D eigenvalue weighted by Gasteiger charge is -2.28. The van der Waals surface area contributed by atoms with E-state index in [1.54, 1.807) is 17.0 Å². The molecule has 5 heteroatoms. The van der Waals surface area contributed by atoms with E-state index in [4.69, 9.17) is 4.74 Å². The van der Waals surface area contributed by atoms with Crippen molar-refractivity contribution >= 4 is 17.6 Å². The molecule has 0 N–H and O–H groups in total. The number of rotatable bonds is 6. The Morgan fingerprint density at radius 1 is 1.00 bits per heavy atom. The maximum Gasteiger partial charge on any atom is 0.338 e. The number of anilines is 1. The summed E-state index contributed by atoms with van der Waals surface area (Å²) in [5.41, 5.74) is 3.98. The van der Waals surface area contributed by atoms with Crippen LogP contribution in [0.1, 0.15) is 35.3 Å². The van der Waals surface area contributed by atoms with Gasteiger partial charge in [-0.3, -0.25) is 4.79 Å². The average molecular weight is 366 g/mol. The number of hydrogen-bond acceptors (Lipinski definition) is 4. The minimum Gasteiger partial charge on any atom is -0.452 e. The van der Waals surface area contributed by atoms with Crippen LogP contribution in [0, 0.1) is 0 Å². The molecule has 0 bridgehead atoms. The SMILES string of the molecule is CCN(CC)c1ccc(C(=O)OCC(=O)N2CCc3ccccc3C2)cc1. The smallest absolute Gasteiger partial charge is 0.338 e. The van der Waals surface area contributed by atoms with Gasteiger partial charge in [0.25, 0.3) is 5.91 Å². The molecule has 2 aromatic carbocycles. The summed E-state index contributed by atoms with van der Waals surface area (Å²) in [6.45, 7) is 7.02. The van der Waals surface area contributed by atoms with Gasteiger partial charge in [-0.2, -0.15) is 0 Å². The Morgan fingerprint density at radius 2 is 1.67 bits per heavy atom. The molecular weight excluding hydrogens is 340 g/mol. The molecule has 0 radical (unpaired) electrons. The predicted octanol–water partition coefficient (Wildman–Crippen LogP) is 3.27. The first-order chi connectivity index (χ1) is 13.1. The molecule has 0 fully saturated rings. The first-order valence-corrected chi connectivity index (χ1v) is 9.49. The van der Waals surface area contributed by atoms with Gasteiger partial charge in [0.2, 0.25) is 0 Å². The lowest BCUT2D eigenvalue weighted by Crippen LogP contribution is -2.38. The molecule has 0 saturated carbocycles. The minimum atomic E-state index is -0.466. The topological polar surface area (TPSA) is 49.9 Å². The molecule has 0 saturated heterocycles. The van der Waals surface area contributed by atoms with E-state index < -0.39 is 5.97 Å². The van der Waals surface area contributed by atoms with E-state index in [1.165, 1.54) is 5.56 Å². The van der Waals surface area contributed by atoms with Crippen LogP contribution in [-0.4, -0.2) is 43.0 Å². The highest BCUT2D eigenvalue weighted by molar-refractivity contribution is 5.91. The van der Waals surface area contributed by atoms with Crippen LogP contribution in [0.2, 0.25) is 0 Å². The minimum absolute atomic E-state index is 0.155. The summed E-state index contributed by atoms with van der Waals surface area (Å²) in [6.07, 6.45) is 0.836. The van der Waals surface area contributed by atoms with Gasteiger partial charge in [0.15, 0.2) is 6.61 Å². The van der Waals surface area contributed by atoms with Crippen molar-refractivity contribution in [3.05, 3.63) is 65.2 Å². The molecule has 1 aliphatic rings. The number of benzene rings is 2. The Labute approximate surface area is 160 Å². The van der Waals surface area contributed by atoms with Gasteiger partial charge < -0.3 is 14.5 Å². The van der Waals surface area contributed by atoms with Gasteiger partial charge in [0.05, 0.1) is 5.56 Å². The van der Waals surface area contributed by atoms with E-state index in [1.807, 2.05) is 30.3 Å². The summed E-state index contributed by atoms with van der Waals surface area (Å²) in [5, 5.41) is 0. The van der Waals surface area contributed by atoms with Crippen molar-refractivity contribution in [3.63, 3.8) is 0 Å². The van der Waals surface area contributed by atoms with Crippen LogP contribution in [0.15, 0.2) is 48.5 Å². The molecule has 0 spiro atoms. The zero-order chi connectivity index (χ0) is 19.2. The number of amides is 1. The number of hydrogen-bond donors (Lipinski definition) is 0. The zero-order valence-electron chi connectivity index (χ0n) is 16.0. The first-order valence-electron chi connectivity index (χ1n) is 9.49. The number of carbonyl (C=O) groups is 2. The van der Waals surface area contributed by atoms with Gasteiger partial charge in [-0.15, -0.1) is 0 Å². The third kappa shape index (κ3) is 4.48. The highest BCUT2D eigenvalue weighted by Crippen LogP contribution is 2.19. The molecule has 5 nitrogen and oxygen atoms in total. The molecule has 0 unspecified atom stereocenters. The second-order valence-electron chi connectivity index (χ2n) is 6.63. The Morgan fingerprint density at radius 3 is 2.33 bits per heavy atom. The molecule has 2 aromatic rings. The fourth-order valence-corrected chi connectivity index (χ4v) is 3.41. The fourth-order valence-electron chi connectivity index (χ4n) is 3.41.